The van der Waals surface area contributed by atoms with Crippen molar-refractivity contribution >= 4 is 11.6 Å². The first kappa shape index (κ1) is 17.2. The highest BCUT2D eigenvalue weighted by Crippen LogP contribution is 2.24. The highest BCUT2D eigenvalue weighted by Gasteiger charge is 2.17. The lowest BCUT2D eigenvalue weighted by Crippen LogP contribution is -2.18. The van der Waals surface area contributed by atoms with Crippen molar-refractivity contribution in [3.8, 4) is 11.3 Å². The highest BCUT2D eigenvalue weighted by molar-refractivity contribution is 6.03. The molecule has 0 saturated heterocycles. The van der Waals surface area contributed by atoms with Gasteiger partial charge in [0.2, 0.25) is 0 Å². The number of aromatic amines is 1. The summed E-state index contributed by atoms with van der Waals surface area (Å²) in [5.74, 6) is 0.686. The van der Waals surface area contributed by atoms with Gasteiger partial charge in [0.15, 0.2) is 0 Å². The number of nitrogens with one attached hydrogen (secondary N) is 3. The molecule has 2 aromatic heterocycles. The van der Waals surface area contributed by atoms with Crippen molar-refractivity contribution in [3.05, 3.63) is 64.0 Å². The number of fused-ring (bicyclic) bond motifs is 1. The summed E-state index contributed by atoms with van der Waals surface area (Å²) in [6.45, 7) is 4.47. The Balaban J connectivity index is 1.58. The highest BCUT2D eigenvalue weighted by atomic mass is 16.2. The molecule has 138 valence electrons. The Kier molecular flexibility index (Phi) is 4.55. The van der Waals surface area contributed by atoms with Gasteiger partial charge in [-0.05, 0) is 24.6 Å². The van der Waals surface area contributed by atoms with Crippen molar-refractivity contribution in [3.63, 3.8) is 0 Å². The number of carbonyl (C=O) groups excluding carboxylic acids is 1. The van der Waals surface area contributed by atoms with Crippen LogP contribution in [0.2, 0.25) is 0 Å². The molecule has 8 heteroatoms. The van der Waals surface area contributed by atoms with Gasteiger partial charge in [-0.1, -0.05) is 12.1 Å². The predicted molar refractivity (Wildman–Crippen MR) is 102 cm³/mol. The number of hydrogen-bond donors (Lipinski definition) is 3. The molecular formula is C19H20N6O2. The fraction of sp³-hybridized carbons (Fsp3) is 0.263. The van der Waals surface area contributed by atoms with Crippen LogP contribution in [0.5, 0.6) is 0 Å². The number of nitrogens with zero attached hydrogens (tertiary/aromatic N) is 3. The Morgan fingerprint density at radius 3 is 2.93 bits per heavy atom. The lowest BCUT2D eigenvalue weighted by molar-refractivity contribution is 0.102. The summed E-state index contributed by atoms with van der Waals surface area (Å²) >= 11 is 0. The molecule has 0 spiro atoms. The van der Waals surface area contributed by atoms with E-state index in [1.54, 1.807) is 12.3 Å². The molecule has 0 aliphatic carbocycles. The quantitative estimate of drug-likeness (QED) is 0.650. The van der Waals surface area contributed by atoms with Gasteiger partial charge < -0.3 is 15.2 Å². The largest absolute Gasteiger partial charge is 0.333 e. The van der Waals surface area contributed by atoms with Crippen molar-refractivity contribution in [1.82, 2.24) is 25.1 Å². The molecule has 27 heavy (non-hydrogen) atoms. The molecule has 3 aromatic rings. The number of anilines is 1. The first-order chi connectivity index (χ1) is 13.1. The van der Waals surface area contributed by atoms with Gasteiger partial charge >= 0.3 is 0 Å². The molecule has 0 fully saturated rings. The van der Waals surface area contributed by atoms with Crippen LogP contribution in [0.25, 0.3) is 11.3 Å². The SMILES string of the molecule is Cc1ccc(-c2ccc(=O)[nH]n2)cc1NC(=O)c1cn2c(n1)CCNCC2. The Labute approximate surface area is 155 Å². The third-order valence-corrected chi connectivity index (χ3v) is 4.61. The first-order valence-corrected chi connectivity index (χ1v) is 8.85. The van der Waals surface area contributed by atoms with Gasteiger partial charge in [-0.3, -0.25) is 9.59 Å². The Morgan fingerprint density at radius 2 is 2.11 bits per heavy atom. The van der Waals surface area contributed by atoms with E-state index in [0.29, 0.717) is 17.1 Å². The average Bonchev–Trinajstić information content (AvgIpc) is 2.95. The van der Waals surface area contributed by atoms with Crippen LogP contribution in [-0.4, -0.2) is 38.7 Å². The molecule has 0 saturated carbocycles. The molecule has 1 amide bonds. The van der Waals surface area contributed by atoms with Gasteiger partial charge in [-0.2, -0.15) is 5.10 Å². The van der Waals surface area contributed by atoms with Crippen LogP contribution in [0.15, 0.2) is 41.3 Å². The van der Waals surface area contributed by atoms with Crippen LogP contribution < -0.4 is 16.2 Å². The van der Waals surface area contributed by atoms with Crippen molar-refractivity contribution < 1.29 is 4.79 Å². The van der Waals surface area contributed by atoms with Gasteiger partial charge in [0.1, 0.15) is 11.5 Å². The van der Waals surface area contributed by atoms with E-state index in [-0.39, 0.29) is 11.5 Å². The van der Waals surface area contributed by atoms with Crippen molar-refractivity contribution in [1.29, 1.82) is 0 Å². The molecular weight excluding hydrogens is 344 g/mol. The van der Waals surface area contributed by atoms with E-state index in [1.165, 1.54) is 6.07 Å². The second-order valence-electron chi connectivity index (χ2n) is 6.53. The predicted octanol–water partition coefficient (Wildman–Crippen LogP) is 1.34. The minimum absolute atomic E-state index is 0.238. The van der Waals surface area contributed by atoms with Crippen molar-refractivity contribution in [2.24, 2.45) is 0 Å². The molecule has 3 N–H and O–H groups in total. The molecule has 0 atom stereocenters. The lowest BCUT2D eigenvalue weighted by Gasteiger charge is -2.09. The van der Waals surface area contributed by atoms with E-state index in [9.17, 15) is 9.59 Å². The molecule has 8 nitrogen and oxygen atoms in total. The smallest absolute Gasteiger partial charge is 0.275 e. The fourth-order valence-corrected chi connectivity index (χ4v) is 3.09. The molecule has 0 unspecified atom stereocenters. The maximum atomic E-state index is 12.7. The maximum Gasteiger partial charge on any atom is 0.275 e. The first-order valence-electron chi connectivity index (χ1n) is 8.85. The van der Waals surface area contributed by atoms with E-state index < -0.39 is 0 Å². The number of rotatable bonds is 3. The van der Waals surface area contributed by atoms with E-state index >= 15 is 0 Å². The van der Waals surface area contributed by atoms with Gasteiger partial charge in [-0.15, -0.1) is 0 Å². The van der Waals surface area contributed by atoms with Crippen molar-refractivity contribution in [2.75, 3.05) is 18.4 Å². The molecule has 1 aliphatic heterocycles. The minimum Gasteiger partial charge on any atom is -0.333 e. The van der Waals surface area contributed by atoms with Crippen LogP contribution in [0, 0.1) is 6.92 Å². The number of aryl methyl sites for hydroxylation is 1. The van der Waals surface area contributed by atoms with E-state index in [1.807, 2.05) is 29.7 Å². The molecule has 4 rings (SSSR count). The zero-order valence-electron chi connectivity index (χ0n) is 15.0. The van der Waals surface area contributed by atoms with Gasteiger partial charge in [0.25, 0.3) is 11.5 Å². The summed E-state index contributed by atoms with van der Waals surface area (Å²) in [5.41, 5.74) is 3.22. The number of carbonyl (C=O) groups is 1. The van der Waals surface area contributed by atoms with Crippen LogP contribution >= 0.6 is 0 Å². The van der Waals surface area contributed by atoms with E-state index in [0.717, 1.165) is 43.0 Å². The van der Waals surface area contributed by atoms with E-state index in [4.69, 9.17) is 0 Å². The molecule has 1 aromatic carbocycles. The monoisotopic (exact) mass is 364 g/mol. The van der Waals surface area contributed by atoms with Crippen LogP contribution in [-0.2, 0) is 13.0 Å². The number of aromatic nitrogens is 4. The average molecular weight is 364 g/mol. The van der Waals surface area contributed by atoms with Crippen LogP contribution in [0.4, 0.5) is 5.69 Å². The zero-order valence-corrected chi connectivity index (χ0v) is 15.0. The number of amides is 1. The van der Waals surface area contributed by atoms with Gasteiger partial charge in [-0.25, -0.2) is 10.1 Å². The Bertz CT molecular complexity index is 1010. The maximum absolute atomic E-state index is 12.7. The standard InChI is InChI=1S/C19H20N6O2/c1-12-2-3-13(14-4-5-18(26)24-23-14)10-15(12)22-19(27)16-11-25-9-8-20-7-6-17(25)21-16/h2-5,10-11,20H,6-9H2,1H3,(H,22,27)(H,24,26). The summed E-state index contributed by atoms with van der Waals surface area (Å²) < 4.78 is 2.03. The Morgan fingerprint density at radius 1 is 1.22 bits per heavy atom. The number of imidazole rings is 1. The van der Waals surface area contributed by atoms with Crippen LogP contribution in [0.3, 0.4) is 0 Å². The summed E-state index contributed by atoms with van der Waals surface area (Å²) in [6, 6.07) is 8.73. The summed E-state index contributed by atoms with van der Waals surface area (Å²) in [5, 5.41) is 12.7. The minimum atomic E-state index is -0.255. The normalized spacial score (nSPS) is 13.7. The van der Waals surface area contributed by atoms with Gasteiger partial charge in [0.05, 0.1) is 5.69 Å². The molecule has 3 heterocycles. The molecule has 0 bridgehead atoms. The fourth-order valence-electron chi connectivity index (χ4n) is 3.09. The second kappa shape index (κ2) is 7.16. The molecule has 0 radical (unpaired) electrons. The summed E-state index contributed by atoms with van der Waals surface area (Å²) in [4.78, 5) is 28.4. The lowest BCUT2D eigenvalue weighted by atomic mass is 10.1. The zero-order chi connectivity index (χ0) is 18.8. The molecule has 1 aliphatic rings. The van der Waals surface area contributed by atoms with Crippen molar-refractivity contribution in [2.45, 2.75) is 19.9 Å². The summed E-state index contributed by atoms with van der Waals surface area (Å²) in [7, 11) is 0. The number of H-pyrrole nitrogens is 1. The Hall–Kier alpha value is -3.26. The number of hydrogen-bond acceptors (Lipinski definition) is 5. The van der Waals surface area contributed by atoms with Gasteiger partial charge in [0, 0.05) is 49.6 Å². The third-order valence-electron chi connectivity index (χ3n) is 4.61. The number of benzene rings is 1. The topological polar surface area (TPSA) is 105 Å². The third kappa shape index (κ3) is 3.65. The second-order valence-corrected chi connectivity index (χ2v) is 6.53. The summed E-state index contributed by atoms with van der Waals surface area (Å²) in [6.07, 6.45) is 2.61. The van der Waals surface area contributed by atoms with E-state index in [2.05, 4.69) is 25.8 Å². The van der Waals surface area contributed by atoms with Crippen LogP contribution in [0.1, 0.15) is 21.9 Å².